The lowest BCUT2D eigenvalue weighted by Crippen LogP contribution is -2.33. The Hall–Kier alpha value is -2.61. The molecule has 4 heterocycles. The van der Waals surface area contributed by atoms with Crippen LogP contribution in [0.2, 0.25) is 0 Å². The van der Waals surface area contributed by atoms with Gasteiger partial charge in [-0.2, -0.15) is 0 Å². The van der Waals surface area contributed by atoms with Crippen molar-refractivity contribution >= 4 is 0 Å². The molecule has 3 aromatic heterocycles. The van der Waals surface area contributed by atoms with Gasteiger partial charge >= 0.3 is 0 Å². The summed E-state index contributed by atoms with van der Waals surface area (Å²) in [7, 11) is 0. The van der Waals surface area contributed by atoms with E-state index >= 15 is 0 Å². The van der Waals surface area contributed by atoms with Crippen molar-refractivity contribution in [2.75, 3.05) is 13.1 Å². The molecule has 0 bridgehead atoms. The summed E-state index contributed by atoms with van der Waals surface area (Å²) in [5.74, 6) is 3.53. The van der Waals surface area contributed by atoms with E-state index in [0.717, 1.165) is 68.6 Å². The standard InChI is InChI=1S/C20H28N8/c1-3-18-22-8-5-17(23-18)13-26-10-6-16(7-11-26)20-25-24-19(28(20)4-2)14-27-12-9-21-15-27/h5,8-9,12,15-16H,3-4,6-7,10-11,13-14H2,1-2H3. The molecule has 0 aromatic carbocycles. The number of nitrogens with zero attached hydrogens (tertiary/aromatic N) is 8. The molecule has 1 saturated heterocycles. The first-order valence-corrected chi connectivity index (χ1v) is 10.2. The van der Waals surface area contributed by atoms with Crippen molar-refractivity contribution < 1.29 is 0 Å². The molecule has 0 amide bonds. The van der Waals surface area contributed by atoms with Crippen LogP contribution in [0.1, 0.15) is 55.8 Å². The fraction of sp³-hybridized carbons (Fsp3) is 0.550. The fourth-order valence-corrected chi connectivity index (χ4v) is 3.93. The number of hydrogen-bond donors (Lipinski definition) is 0. The van der Waals surface area contributed by atoms with E-state index in [-0.39, 0.29) is 0 Å². The average molecular weight is 381 g/mol. The Bertz CT molecular complexity index is 878. The van der Waals surface area contributed by atoms with E-state index in [1.54, 1.807) is 6.20 Å². The van der Waals surface area contributed by atoms with Crippen molar-refractivity contribution in [3.63, 3.8) is 0 Å². The van der Waals surface area contributed by atoms with Gasteiger partial charge in [0, 0.05) is 44.0 Å². The van der Waals surface area contributed by atoms with E-state index < -0.39 is 0 Å². The van der Waals surface area contributed by atoms with E-state index in [4.69, 9.17) is 0 Å². The van der Waals surface area contributed by atoms with E-state index in [0.29, 0.717) is 12.5 Å². The molecule has 0 aliphatic carbocycles. The number of imidazole rings is 1. The predicted molar refractivity (Wildman–Crippen MR) is 106 cm³/mol. The van der Waals surface area contributed by atoms with Crippen LogP contribution in [0.15, 0.2) is 31.0 Å². The fourth-order valence-electron chi connectivity index (χ4n) is 3.93. The zero-order chi connectivity index (χ0) is 19.3. The predicted octanol–water partition coefficient (Wildman–Crippen LogP) is 2.27. The lowest BCUT2D eigenvalue weighted by molar-refractivity contribution is 0.197. The molecule has 1 aliphatic rings. The number of likely N-dealkylation sites (tertiary alicyclic amines) is 1. The molecule has 8 heteroatoms. The van der Waals surface area contributed by atoms with Crippen molar-refractivity contribution in [3.8, 4) is 0 Å². The molecule has 3 aromatic rings. The minimum absolute atomic E-state index is 0.469. The Kier molecular flexibility index (Phi) is 5.76. The Labute approximate surface area is 165 Å². The van der Waals surface area contributed by atoms with Crippen LogP contribution >= 0.6 is 0 Å². The summed E-state index contributed by atoms with van der Waals surface area (Å²) in [4.78, 5) is 15.5. The molecule has 28 heavy (non-hydrogen) atoms. The summed E-state index contributed by atoms with van der Waals surface area (Å²) in [6.07, 6.45) is 10.5. The van der Waals surface area contributed by atoms with Gasteiger partial charge in [0.1, 0.15) is 11.6 Å². The van der Waals surface area contributed by atoms with Crippen LogP contribution < -0.4 is 0 Å². The minimum atomic E-state index is 0.469. The topological polar surface area (TPSA) is 77.5 Å². The van der Waals surface area contributed by atoms with E-state index in [9.17, 15) is 0 Å². The maximum atomic E-state index is 4.64. The number of rotatable bonds is 7. The summed E-state index contributed by atoms with van der Waals surface area (Å²) >= 11 is 0. The van der Waals surface area contributed by atoms with Gasteiger partial charge in [0.25, 0.3) is 0 Å². The van der Waals surface area contributed by atoms with E-state index in [1.165, 1.54) is 0 Å². The molecule has 1 aliphatic heterocycles. The molecule has 0 spiro atoms. The van der Waals surface area contributed by atoms with Gasteiger partial charge in [-0.15, -0.1) is 10.2 Å². The van der Waals surface area contributed by atoms with Gasteiger partial charge < -0.3 is 9.13 Å². The second-order valence-electron chi connectivity index (χ2n) is 7.32. The van der Waals surface area contributed by atoms with Crippen molar-refractivity contribution in [2.45, 2.75) is 58.7 Å². The highest BCUT2D eigenvalue weighted by molar-refractivity contribution is 5.06. The van der Waals surface area contributed by atoms with Crippen molar-refractivity contribution in [2.24, 2.45) is 0 Å². The van der Waals surface area contributed by atoms with Crippen LogP contribution in [0.3, 0.4) is 0 Å². The maximum absolute atomic E-state index is 4.64. The molecule has 8 nitrogen and oxygen atoms in total. The summed E-state index contributed by atoms with van der Waals surface area (Å²) in [5.41, 5.74) is 1.12. The summed E-state index contributed by atoms with van der Waals surface area (Å²) in [6, 6.07) is 2.03. The third-order valence-corrected chi connectivity index (χ3v) is 5.47. The smallest absolute Gasteiger partial charge is 0.153 e. The van der Waals surface area contributed by atoms with Crippen molar-refractivity contribution in [3.05, 3.63) is 54.2 Å². The lowest BCUT2D eigenvalue weighted by Gasteiger charge is -2.31. The number of piperidine rings is 1. The van der Waals surface area contributed by atoms with Gasteiger partial charge in [-0.25, -0.2) is 15.0 Å². The quantitative estimate of drug-likeness (QED) is 0.626. The SMILES string of the molecule is CCc1nccc(CN2CCC(c3nnc(Cn4ccnc4)n3CC)CC2)n1. The zero-order valence-corrected chi connectivity index (χ0v) is 16.7. The maximum Gasteiger partial charge on any atom is 0.153 e. The van der Waals surface area contributed by atoms with Crippen LogP contribution in [0, 0.1) is 0 Å². The van der Waals surface area contributed by atoms with Crippen LogP contribution in [-0.4, -0.2) is 52.3 Å². The van der Waals surface area contributed by atoms with Gasteiger partial charge in [-0.3, -0.25) is 4.90 Å². The second-order valence-corrected chi connectivity index (χ2v) is 7.32. The summed E-state index contributed by atoms with van der Waals surface area (Å²) < 4.78 is 4.31. The third kappa shape index (κ3) is 4.11. The number of aryl methyl sites for hydroxylation is 1. The van der Waals surface area contributed by atoms with E-state index in [1.807, 2.05) is 29.4 Å². The summed E-state index contributed by atoms with van der Waals surface area (Å²) in [5, 5.41) is 9.04. The van der Waals surface area contributed by atoms with Crippen molar-refractivity contribution in [1.29, 1.82) is 0 Å². The highest BCUT2D eigenvalue weighted by Crippen LogP contribution is 2.28. The number of aromatic nitrogens is 7. The zero-order valence-electron chi connectivity index (χ0n) is 16.7. The van der Waals surface area contributed by atoms with Crippen LogP contribution in [0.4, 0.5) is 0 Å². The third-order valence-electron chi connectivity index (χ3n) is 5.47. The molecule has 0 N–H and O–H groups in total. The van der Waals surface area contributed by atoms with Gasteiger partial charge in [-0.05, 0) is 38.9 Å². The van der Waals surface area contributed by atoms with Gasteiger partial charge in [-0.1, -0.05) is 6.92 Å². The Morgan fingerprint density at radius 1 is 1.07 bits per heavy atom. The first-order valence-electron chi connectivity index (χ1n) is 10.2. The molecule has 148 valence electrons. The lowest BCUT2D eigenvalue weighted by atomic mass is 9.95. The highest BCUT2D eigenvalue weighted by atomic mass is 15.3. The molecule has 1 fully saturated rings. The largest absolute Gasteiger partial charge is 0.330 e. The van der Waals surface area contributed by atoms with E-state index in [2.05, 4.69) is 48.5 Å². The summed E-state index contributed by atoms with van der Waals surface area (Å²) in [6.45, 7) is 8.89. The average Bonchev–Trinajstić information content (AvgIpc) is 3.39. The Morgan fingerprint density at radius 3 is 2.64 bits per heavy atom. The van der Waals surface area contributed by atoms with Crippen LogP contribution in [0.25, 0.3) is 0 Å². The van der Waals surface area contributed by atoms with Gasteiger partial charge in [0.2, 0.25) is 0 Å². The first kappa shape index (κ1) is 18.7. The molecule has 4 rings (SSSR count). The van der Waals surface area contributed by atoms with Crippen LogP contribution in [-0.2, 0) is 26.1 Å². The molecule has 0 radical (unpaired) electrons. The minimum Gasteiger partial charge on any atom is -0.330 e. The highest BCUT2D eigenvalue weighted by Gasteiger charge is 2.26. The molecule has 0 unspecified atom stereocenters. The number of hydrogen-bond acceptors (Lipinski definition) is 6. The van der Waals surface area contributed by atoms with Crippen LogP contribution in [0.5, 0.6) is 0 Å². The Morgan fingerprint density at radius 2 is 1.93 bits per heavy atom. The monoisotopic (exact) mass is 380 g/mol. The van der Waals surface area contributed by atoms with Gasteiger partial charge in [0.15, 0.2) is 5.82 Å². The molecule has 0 saturated carbocycles. The van der Waals surface area contributed by atoms with Gasteiger partial charge in [0.05, 0.1) is 18.6 Å². The normalized spacial score (nSPS) is 15.9. The second kappa shape index (κ2) is 8.60. The molecular weight excluding hydrogens is 352 g/mol. The first-order chi connectivity index (χ1) is 13.8. The Balaban J connectivity index is 1.39. The molecule has 0 atom stereocenters. The van der Waals surface area contributed by atoms with Crippen molar-refractivity contribution in [1.82, 2.24) is 39.2 Å². The molecular formula is C20H28N8.